The van der Waals surface area contributed by atoms with Crippen LogP contribution in [0.1, 0.15) is 56.2 Å². The molecule has 1 heteroatoms. The highest BCUT2D eigenvalue weighted by atomic mass is 16.1. The van der Waals surface area contributed by atoms with E-state index in [2.05, 4.69) is 45.9 Å². The number of benzene rings is 1. The third-order valence-corrected chi connectivity index (χ3v) is 4.89. The smallest absolute Gasteiger partial charge is 0.140 e. The summed E-state index contributed by atoms with van der Waals surface area (Å²) in [4.78, 5) is 12.7. The van der Waals surface area contributed by atoms with Gasteiger partial charge < -0.3 is 0 Å². The van der Waals surface area contributed by atoms with Gasteiger partial charge in [0.1, 0.15) is 5.78 Å². The maximum absolute atomic E-state index is 12.7. The van der Waals surface area contributed by atoms with E-state index in [1.54, 1.807) is 0 Å². The normalized spacial score (nSPS) is 22.2. The standard InChI is InChI=1S/C18H26O/c1-13-8-7-9-14(2)15(13)12-17(19)16-10-5-6-11-18(16,3)4/h7-9,16H,5-6,10-12H2,1-4H3. The molecule has 1 aliphatic carbocycles. The molecule has 0 aromatic heterocycles. The van der Waals surface area contributed by atoms with Crippen LogP contribution in [0, 0.1) is 25.2 Å². The van der Waals surface area contributed by atoms with Crippen LogP contribution in [0.4, 0.5) is 0 Å². The molecule has 1 fully saturated rings. The number of carbonyl (C=O) groups excluding carboxylic acids is 1. The van der Waals surface area contributed by atoms with Crippen LogP contribution >= 0.6 is 0 Å². The molecule has 1 atom stereocenters. The average Bonchev–Trinajstić information content (AvgIpc) is 2.33. The fraction of sp³-hybridized carbons (Fsp3) is 0.611. The number of hydrogen-bond acceptors (Lipinski definition) is 1. The first-order valence-electron chi connectivity index (χ1n) is 7.49. The zero-order chi connectivity index (χ0) is 14.0. The Bertz CT molecular complexity index is 450. The molecule has 2 rings (SSSR count). The van der Waals surface area contributed by atoms with Crippen LogP contribution < -0.4 is 0 Å². The fourth-order valence-electron chi connectivity index (χ4n) is 3.52. The van der Waals surface area contributed by atoms with Crippen molar-refractivity contribution in [2.24, 2.45) is 11.3 Å². The topological polar surface area (TPSA) is 17.1 Å². The fourth-order valence-corrected chi connectivity index (χ4v) is 3.52. The lowest BCUT2D eigenvalue weighted by atomic mass is 9.66. The third kappa shape index (κ3) is 3.08. The van der Waals surface area contributed by atoms with Gasteiger partial charge >= 0.3 is 0 Å². The van der Waals surface area contributed by atoms with Gasteiger partial charge in [0, 0.05) is 12.3 Å². The monoisotopic (exact) mass is 258 g/mol. The Hall–Kier alpha value is -1.11. The van der Waals surface area contributed by atoms with Crippen molar-refractivity contribution in [1.82, 2.24) is 0 Å². The van der Waals surface area contributed by atoms with Gasteiger partial charge in [-0.05, 0) is 48.8 Å². The van der Waals surface area contributed by atoms with Gasteiger partial charge in [-0.25, -0.2) is 0 Å². The van der Waals surface area contributed by atoms with E-state index in [-0.39, 0.29) is 11.3 Å². The van der Waals surface area contributed by atoms with Gasteiger partial charge in [-0.3, -0.25) is 4.79 Å². The molecule has 104 valence electrons. The van der Waals surface area contributed by atoms with Crippen LogP contribution in [0.5, 0.6) is 0 Å². The van der Waals surface area contributed by atoms with Gasteiger partial charge in [0.2, 0.25) is 0 Å². The predicted octanol–water partition coefficient (Wildman–Crippen LogP) is 4.63. The van der Waals surface area contributed by atoms with E-state index in [1.165, 1.54) is 36.0 Å². The molecule has 1 nitrogen and oxygen atoms in total. The van der Waals surface area contributed by atoms with Crippen LogP contribution in [0.2, 0.25) is 0 Å². The van der Waals surface area contributed by atoms with Gasteiger partial charge in [0.15, 0.2) is 0 Å². The first kappa shape index (κ1) is 14.3. The molecule has 1 unspecified atom stereocenters. The van der Waals surface area contributed by atoms with Crippen molar-refractivity contribution in [2.75, 3.05) is 0 Å². The van der Waals surface area contributed by atoms with Gasteiger partial charge in [-0.1, -0.05) is 44.9 Å². The van der Waals surface area contributed by atoms with Gasteiger partial charge in [0.25, 0.3) is 0 Å². The number of rotatable bonds is 3. The molecule has 0 spiro atoms. The van der Waals surface area contributed by atoms with E-state index >= 15 is 0 Å². The highest BCUT2D eigenvalue weighted by Crippen LogP contribution is 2.41. The molecule has 1 aromatic rings. The maximum atomic E-state index is 12.7. The Labute approximate surface area is 117 Å². The van der Waals surface area contributed by atoms with Crippen LogP contribution in [-0.2, 0) is 11.2 Å². The second-order valence-electron chi connectivity index (χ2n) is 6.80. The number of aryl methyl sites for hydroxylation is 2. The summed E-state index contributed by atoms with van der Waals surface area (Å²) in [6, 6.07) is 6.30. The van der Waals surface area contributed by atoms with Crippen LogP contribution in [0.25, 0.3) is 0 Å². The Morgan fingerprint density at radius 1 is 1.21 bits per heavy atom. The minimum absolute atomic E-state index is 0.186. The number of carbonyl (C=O) groups is 1. The lowest BCUT2D eigenvalue weighted by Crippen LogP contribution is -2.35. The summed E-state index contributed by atoms with van der Waals surface area (Å²) in [5.41, 5.74) is 3.93. The van der Waals surface area contributed by atoms with E-state index in [9.17, 15) is 4.79 Å². The second-order valence-corrected chi connectivity index (χ2v) is 6.80. The van der Waals surface area contributed by atoms with E-state index in [4.69, 9.17) is 0 Å². The van der Waals surface area contributed by atoms with Crippen molar-refractivity contribution < 1.29 is 4.79 Å². The zero-order valence-electron chi connectivity index (χ0n) is 12.8. The van der Waals surface area contributed by atoms with Crippen molar-refractivity contribution in [3.63, 3.8) is 0 Å². The first-order chi connectivity index (χ1) is 8.92. The van der Waals surface area contributed by atoms with Crippen molar-refractivity contribution in [2.45, 2.75) is 59.8 Å². The molecule has 1 aliphatic rings. The van der Waals surface area contributed by atoms with Crippen molar-refractivity contribution in [1.29, 1.82) is 0 Å². The molecule has 0 amide bonds. The number of Topliss-reactive ketones (excluding diaryl/α,β-unsaturated/α-hetero) is 1. The summed E-state index contributed by atoms with van der Waals surface area (Å²) in [6.07, 6.45) is 5.38. The summed E-state index contributed by atoms with van der Waals surface area (Å²) < 4.78 is 0. The van der Waals surface area contributed by atoms with E-state index in [0.717, 1.165) is 6.42 Å². The highest BCUT2D eigenvalue weighted by molar-refractivity contribution is 5.84. The number of hydrogen-bond donors (Lipinski definition) is 0. The first-order valence-corrected chi connectivity index (χ1v) is 7.49. The van der Waals surface area contributed by atoms with Gasteiger partial charge in [0.05, 0.1) is 0 Å². The van der Waals surface area contributed by atoms with Crippen LogP contribution in [0.15, 0.2) is 18.2 Å². The molecule has 1 aromatic carbocycles. The molecule has 0 radical (unpaired) electrons. The Balaban J connectivity index is 2.17. The van der Waals surface area contributed by atoms with Gasteiger partial charge in [-0.15, -0.1) is 0 Å². The minimum Gasteiger partial charge on any atom is -0.299 e. The molecule has 0 bridgehead atoms. The lowest BCUT2D eigenvalue weighted by molar-refractivity contribution is -0.127. The van der Waals surface area contributed by atoms with E-state index < -0.39 is 0 Å². The Morgan fingerprint density at radius 3 is 2.42 bits per heavy atom. The van der Waals surface area contributed by atoms with Crippen molar-refractivity contribution in [3.05, 3.63) is 34.9 Å². The van der Waals surface area contributed by atoms with E-state index in [1.807, 2.05) is 0 Å². The zero-order valence-corrected chi connectivity index (χ0v) is 12.8. The van der Waals surface area contributed by atoms with Gasteiger partial charge in [-0.2, -0.15) is 0 Å². The highest BCUT2D eigenvalue weighted by Gasteiger charge is 2.36. The Morgan fingerprint density at radius 2 is 1.84 bits per heavy atom. The SMILES string of the molecule is Cc1cccc(C)c1CC(=O)C1CCCCC1(C)C. The molecule has 19 heavy (non-hydrogen) atoms. The molecular weight excluding hydrogens is 232 g/mol. The summed E-state index contributed by atoms with van der Waals surface area (Å²) in [5, 5.41) is 0. The lowest BCUT2D eigenvalue weighted by Gasteiger charge is -2.37. The quantitative estimate of drug-likeness (QED) is 0.772. The predicted molar refractivity (Wildman–Crippen MR) is 80.4 cm³/mol. The van der Waals surface area contributed by atoms with Crippen LogP contribution in [-0.4, -0.2) is 5.78 Å². The van der Waals surface area contributed by atoms with Crippen molar-refractivity contribution in [3.8, 4) is 0 Å². The average molecular weight is 258 g/mol. The number of ketones is 1. The summed E-state index contributed by atoms with van der Waals surface area (Å²) >= 11 is 0. The summed E-state index contributed by atoms with van der Waals surface area (Å²) in [5.74, 6) is 0.697. The summed E-state index contributed by atoms with van der Waals surface area (Å²) in [7, 11) is 0. The van der Waals surface area contributed by atoms with Crippen LogP contribution in [0.3, 0.4) is 0 Å². The molecular formula is C18H26O. The van der Waals surface area contributed by atoms with Crippen molar-refractivity contribution >= 4 is 5.78 Å². The summed E-state index contributed by atoms with van der Waals surface area (Å²) in [6.45, 7) is 8.75. The molecule has 1 saturated carbocycles. The molecule has 0 heterocycles. The van der Waals surface area contributed by atoms with E-state index in [0.29, 0.717) is 12.2 Å². The Kier molecular flexibility index (Phi) is 4.13. The largest absolute Gasteiger partial charge is 0.299 e. The molecule has 0 aliphatic heterocycles. The maximum Gasteiger partial charge on any atom is 0.140 e. The molecule has 0 saturated heterocycles. The minimum atomic E-state index is 0.186. The second kappa shape index (κ2) is 5.48. The molecule has 0 N–H and O–H groups in total. The third-order valence-electron chi connectivity index (χ3n) is 4.89.